The maximum absolute atomic E-state index is 11.7. The van der Waals surface area contributed by atoms with Gasteiger partial charge in [-0.15, -0.1) is 0 Å². The number of hydrogen-bond donors (Lipinski definition) is 2. The summed E-state index contributed by atoms with van der Waals surface area (Å²) in [5.74, 6) is 0.113. The predicted molar refractivity (Wildman–Crippen MR) is 70.3 cm³/mol. The molecule has 1 unspecified atom stereocenters. The summed E-state index contributed by atoms with van der Waals surface area (Å²) in [5.41, 5.74) is 1.36. The molecule has 2 rings (SSSR count). The summed E-state index contributed by atoms with van der Waals surface area (Å²) in [6.45, 7) is 3.62. The second-order valence-corrected chi connectivity index (χ2v) is 5.03. The smallest absolute Gasteiger partial charge is 0.238 e. The predicted octanol–water partition coefficient (Wildman–Crippen LogP) is 0.310. The zero-order valence-electron chi connectivity index (χ0n) is 10.1. The van der Waals surface area contributed by atoms with Gasteiger partial charge in [-0.1, -0.05) is 0 Å². The highest BCUT2D eigenvalue weighted by atomic mass is 32.1. The molecule has 2 N–H and O–H groups in total. The first kappa shape index (κ1) is 12.5. The molecule has 1 amide bonds. The number of likely N-dealkylation sites (N-methyl/N-ethyl adjacent to an activating group) is 1. The number of amides is 1. The Labute approximate surface area is 106 Å². The van der Waals surface area contributed by atoms with Crippen LogP contribution in [0.3, 0.4) is 0 Å². The van der Waals surface area contributed by atoms with Gasteiger partial charge in [-0.3, -0.25) is 9.69 Å². The van der Waals surface area contributed by atoms with Crippen LogP contribution in [0.5, 0.6) is 0 Å². The van der Waals surface area contributed by atoms with Crippen molar-refractivity contribution in [3.8, 4) is 0 Å². The van der Waals surface area contributed by atoms with E-state index in [1.165, 1.54) is 5.56 Å². The van der Waals surface area contributed by atoms with E-state index < -0.39 is 0 Å². The molecule has 0 bridgehead atoms. The number of nitrogens with one attached hydrogen (secondary N) is 2. The molecule has 0 radical (unpaired) electrons. The van der Waals surface area contributed by atoms with E-state index in [2.05, 4.69) is 32.4 Å². The Bertz CT molecular complexity index is 353. The number of hydrogen-bond acceptors (Lipinski definition) is 4. The highest BCUT2D eigenvalue weighted by Gasteiger charge is 2.27. The van der Waals surface area contributed by atoms with Gasteiger partial charge < -0.3 is 10.6 Å². The fraction of sp³-hybridized carbons (Fsp3) is 0.583. The Hall–Kier alpha value is -0.910. The Kier molecular flexibility index (Phi) is 4.53. The standard InChI is InChI=1S/C12H19N3OS/c1-13-12(16)11-8-14-4-6-15(11)5-2-10-3-7-17-9-10/h3,7,9,11,14H,2,4-6,8H2,1H3,(H,13,16). The molecule has 0 aromatic carbocycles. The molecule has 1 aliphatic heterocycles. The van der Waals surface area contributed by atoms with Gasteiger partial charge in [0.25, 0.3) is 0 Å². The first-order chi connectivity index (χ1) is 8.31. The monoisotopic (exact) mass is 253 g/mol. The molecular formula is C12H19N3OS. The van der Waals surface area contributed by atoms with Crippen LogP contribution in [0.1, 0.15) is 5.56 Å². The minimum atomic E-state index is -0.0209. The van der Waals surface area contributed by atoms with Crippen LogP contribution in [0.15, 0.2) is 16.8 Å². The van der Waals surface area contributed by atoms with Gasteiger partial charge in [-0.2, -0.15) is 11.3 Å². The lowest BCUT2D eigenvalue weighted by atomic mass is 10.1. The second kappa shape index (κ2) is 6.14. The Morgan fingerprint density at radius 1 is 1.71 bits per heavy atom. The number of piperazine rings is 1. The highest BCUT2D eigenvalue weighted by molar-refractivity contribution is 7.07. The Morgan fingerprint density at radius 3 is 3.29 bits per heavy atom. The van der Waals surface area contributed by atoms with Gasteiger partial charge in [0, 0.05) is 33.2 Å². The molecule has 0 saturated carbocycles. The number of carbonyl (C=O) groups is 1. The lowest BCUT2D eigenvalue weighted by Gasteiger charge is -2.34. The van der Waals surface area contributed by atoms with Gasteiger partial charge in [0.1, 0.15) is 6.04 Å². The van der Waals surface area contributed by atoms with Crippen LogP contribution in [0.4, 0.5) is 0 Å². The van der Waals surface area contributed by atoms with Crippen molar-refractivity contribution in [1.82, 2.24) is 15.5 Å². The molecule has 17 heavy (non-hydrogen) atoms. The minimum absolute atomic E-state index is 0.0209. The summed E-state index contributed by atoms with van der Waals surface area (Å²) < 4.78 is 0. The van der Waals surface area contributed by atoms with Crippen LogP contribution < -0.4 is 10.6 Å². The maximum atomic E-state index is 11.7. The zero-order chi connectivity index (χ0) is 12.1. The van der Waals surface area contributed by atoms with Crippen molar-refractivity contribution in [3.05, 3.63) is 22.4 Å². The third-order valence-corrected chi connectivity index (χ3v) is 3.90. The van der Waals surface area contributed by atoms with Crippen molar-refractivity contribution < 1.29 is 4.79 Å². The minimum Gasteiger partial charge on any atom is -0.358 e. The van der Waals surface area contributed by atoms with E-state index in [4.69, 9.17) is 0 Å². The SMILES string of the molecule is CNC(=O)C1CNCCN1CCc1ccsc1. The Balaban J connectivity index is 1.90. The van der Waals surface area contributed by atoms with Gasteiger partial charge in [0.05, 0.1) is 0 Å². The average Bonchev–Trinajstić information content (AvgIpc) is 2.89. The van der Waals surface area contributed by atoms with Gasteiger partial charge in [0.15, 0.2) is 0 Å². The lowest BCUT2D eigenvalue weighted by Crippen LogP contribution is -2.57. The lowest BCUT2D eigenvalue weighted by molar-refractivity contribution is -0.126. The zero-order valence-corrected chi connectivity index (χ0v) is 10.9. The molecule has 4 nitrogen and oxygen atoms in total. The Morgan fingerprint density at radius 2 is 2.59 bits per heavy atom. The number of carbonyl (C=O) groups excluding carboxylic acids is 1. The summed E-state index contributed by atoms with van der Waals surface area (Å²) in [7, 11) is 1.70. The van der Waals surface area contributed by atoms with E-state index in [1.807, 2.05) is 0 Å². The highest BCUT2D eigenvalue weighted by Crippen LogP contribution is 2.10. The molecular weight excluding hydrogens is 234 g/mol. The summed E-state index contributed by atoms with van der Waals surface area (Å²) >= 11 is 1.73. The number of thiophene rings is 1. The summed E-state index contributed by atoms with van der Waals surface area (Å²) in [6, 6.07) is 2.13. The van der Waals surface area contributed by atoms with Crippen molar-refractivity contribution in [2.45, 2.75) is 12.5 Å². The average molecular weight is 253 g/mol. The van der Waals surface area contributed by atoms with E-state index in [9.17, 15) is 4.79 Å². The van der Waals surface area contributed by atoms with Crippen molar-refractivity contribution in [2.75, 3.05) is 33.2 Å². The molecule has 1 fully saturated rings. The van der Waals surface area contributed by atoms with Crippen molar-refractivity contribution in [1.29, 1.82) is 0 Å². The summed E-state index contributed by atoms with van der Waals surface area (Å²) in [4.78, 5) is 14.0. The number of rotatable bonds is 4. The normalized spacial score (nSPS) is 21.4. The molecule has 1 aliphatic rings. The fourth-order valence-electron chi connectivity index (χ4n) is 2.15. The van der Waals surface area contributed by atoms with E-state index >= 15 is 0 Å². The second-order valence-electron chi connectivity index (χ2n) is 4.25. The van der Waals surface area contributed by atoms with E-state index in [-0.39, 0.29) is 11.9 Å². The largest absolute Gasteiger partial charge is 0.358 e. The quantitative estimate of drug-likeness (QED) is 0.812. The van der Waals surface area contributed by atoms with Crippen molar-refractivity contribution >= 4 is 17.2 Å². The maximum Gasteiger partial charge on any atom is 0.238 e. The molecule has 1 aromatic heterocycles. The van der Waals surface area contributed by atoms with E-state index in [0.29, 0.717) is 0 Å². The third-order valence-electron chi connectivity index (χ3n) is 3.17. The van der Waals surface area contributed by atoms with E-state index in [0.717, 1.165) is 32.6 Å². The van der Waals surface area contributed by atoms with Crippen LogP contribution in [0.2, 0.25) is 0 Å². The van der Waals surface area contributed by atoms with Gasteiger partial charge >= 0.3 is 0 Å². The molecule has 1 aromatic rings. The summed E-state index contributed by atoms with van der Waals surface area (Å²) in [5, 5.41) is 10.3. The number of nitrogens with zero attached hydrogens (tertiary/aromatic N) is 1. The van der Waals surface area contributed by atoms with Crippen molar-refractivity contribution in [2.24, 2.45) is 0 Å². The molecule has 94 valence electrons. The first-order valence-corrected chi connectivity index (χ1v) is 6.93. The van der Waals surface area contributed by atoms with Gasteiger partial charge in [-0.25, -0.2) is 0 Å². The molecule has 0 spiro atoms. The van der Waals surface area contributed by atoms with Gasteiger partial charge in [-0.05, 0) is 28.8 Å². The first-order valence-electron chi connectivity index (χ1n) is 5.98. The summed E-state index contributed by atoms with van der Waals surface area (Å²) in [6.07, 6.45) is 1.02. The van der Waals surface area contributed by atoms with Crippen molar-refractivity contribution in [3.63, 3.8) is 0 Å². The molecule has 2 heterocycles. The molecule has 0 aliphatic carbocycles. The van der Waals surface area contributed by atoms with Crippen LogP contribution in [0.25, 0.3) is 0 Å². The molecule has 5 heteroatoms. The van der Waals surface area contributed by atoms with Crippen LogP contribution in [0, 0.1) is 0 Å². The van der Waals surface area contributed by atoms with Gasteiger partial charge in [0.2, 0.25) is 5.91 Å². The third kappa shape index (κ3) is 3.28. The molecule has 1 saturated heterocycles. The fourth-order valence-corrected chi connectivity index (χ4v) is 2.85. The van der Waals surface area contributed by atoms with Crippen LogP contribution >= 0.6 is 11.3 Å². The van der Waals surface area contributed by atoms with E-state index in [1.54, 1.807) is 18.4 Å². The van der Waals surface area contributed by atoms with Crippen LogP contribution in [-0.2, 0) is 11.2 Å². The topological polar surface area (TPSA) is 44.4 Å². The molecule has 1 atom stereocenters. The van der Waals surface area contributed by atoms with Crippen LogP contribution in [-0.4, -0.2) is 50.1 Å².